The molecule has 1 heterocycles. The fourth-order valence-corrected chi connectivity index (χ4v) is 5.02. The zero-order chi connectivity index (χ0) is 15.5. The Balaban J connectivity index is 2.09. The van der Waals surface area contributed by atoms with Gasteiger partial charge in [0.1, 0.15) is 0 Å². The fourth-order valence-electron chi connectivity index (χ4n) is 1.95. The van der Waals surface area contributed by atoms with E-state index < -0.39 is 0 Å². The van der Waals surface area contributed by atoms with Crippen LogP contribution >= 0.6 is 32.9 Å². The summed E-state index contributed by atoms with van der Waals surface area (Å²) >= 11 is 1.54. The van der Waals surface area contributed by atoms with E-state index in [4.69, 9.17) is 0 Å². The standard InChI is InChI=1S/C15H20N2OS3/c1-15(2,21-19-4)9-17-14(18)13-8-10-7-11(16-3)5-6-12(10)20-13/h5-8,16H,9H2,1-4H3,(H,17,18). The molecule has 3 nitrogen and oxygen atoms in total. The van der Waals surface area contributed by atoms with E-state index in [-0.39, 0.29) is 10.7 Å². The van der Waals surface area contributed by atoms with Gasteiger partial charge in [0.15, 0.2) is 0 Å². The first-order valence-corrected chi connectivity index (χ1v) is 10.0. The maximum Gasteiger partial charge on any atom is 0.261 e. The van der Waals surface area contributed by atoms with Crippen LogP contribution < -0.4 is 10.6 Å². The van der Waals surface area contributed by atoms with Gasteiger partial charge in [0.25, 0.3) is 5.91 Å². The summed E-state index contributed by atoms with van der Waals surface area (Å²) in [5, 5.41) is 7.26. The lowest BCUT2D eigenvalue weighted by Crippen LogP contribution is -2.35. The quantitative estimate of drug-likeness (QED) is 0.762. The van der Waals surface area contributed by atoms with Crippen LogP contribution in [0.4, 0.5) is 5.69 Å². The van der Waals surface area contributed by atoms with E-state index in [1.807, 2.05) is 19.2 Å². The number of hydrogen-bond acceptors (Lipinski definition) is 5. The number of carbonyl (C=O) groups excluding carboxylic acids is 1. The Kier molecular flexibility index (Phi) is 5.46. The highest BCUT2D eigenvalue weighted by Gasteiger charge is 2.20. The Morgan fingerprint density at radius 2 is 2.10 bits per heavy atom. The van der Waals surface area contributed by atoms with E-state index in [0.717, 1.165) is 20.7 Å². The molecule has 0 spiro atoms. The molecule has 0 aliphatic carbocycles. The average molecular weight is 341 g/mol. The summed E-state index contributed by atoms with van der Waals surface area (Å²) in [6.07, 6.45) is 2.06. The zero-order valence-corrected chi connectivity index (χ0v) is 15.1. The molecule has 2 N–H and O–H groups in total. The van der Waals surface area contributed by atoms with E-state index in [2.05, 4.69) is 42.9 Å². The van der Waals surface area contributed by atoms with Crippen LogP contribution in [0.1, 0.15) is 23.5 Å². The first kappa shape index (κ1) is 16.5. The van der Waals surface area contributed by atoms with Crippen molar-refractivity contribution in [3.8, 4) is 0 Å². The second kappa shape index (κ2) is 6.94. The maximum absolute atomic E-state index is 12.3. The molecule has 1 aromatic heterocycles. The van der Waals surface area contributed by atoms with E-state index >= 15 is 0 Å². The Bertz CT molecular complexity index is 637. The van der Waals surface area contributed by atoms with E-state index in [1.165, 1.54) is 11.3 Å². The molecule has 0 unspecified atom stereocenters. The summed E-state index contributed by atoms with van der Waals surface area (Å²) in [6, 6.07) is 8.11. The molecule has 2 rings (SSSR count). The fraction of sp³-hybridized carbons (Fsp3) is 0.400. The monoisotopic (exact) mass is 340 g/mol. The van der Waals surface area contributed by atoms with E-state index in [9.17, 15) is 4.79 Å². The minimum absolute atomic E-state index is 0.0111. The van der Waals surface area contributed by atoms with Crippen molar-refractivity contribution in [3.05, 3.63) is 29.1 Å². The molecular weight excluding hydrogens is 320 g/mol. The molecule has 0 fully saturated rings. The lowest BCUT2D eigenvalue weighted by atomic mass is 10.2. The summed E-state index contributed by atoms with van der Waals surface area (Å²) in [6.45, 7) is 4.93. The van der Waals surface area contributed by atoms with Crippen LogP contribution in [0, 0.1) is 0 Å². The summed E-state index contributed by atoms with van der Waals surface area (Å²) < 4.78 is 1.17. The van der Waals surface area contributed by atoms with Crippen LogP contribution in [-0.2, 0) is 0 Å². The smallest absolute Gasteiger partial charge is 0.261 e. The number of thiophene rings is 1. The lowest BCUT2D eigenvalue weighted by Gasteiger charge is -2.22. The first-order chi connectivity index (χ1) is 9.95. The molecule has 0 radical (unpaired) electrons. The Hall–Kier alpha value is -0.850. The van der Waals surface area contributed by atoms with Gasteiger partial charge in [-0.25, -0.2) is 0 Å². The molecular formula is C15H20N2OS3. The minimum Gasteiger partial charge on any atom is -0.388 e. The van der Waals surface area contributed by atoms with Crippen LogP contribution in [0.3, 0.4) is 0 Å². The molecule has 0 aliphatic rings. The van der Waals surface area contributed by atoms with Gasteiger partial charge in [0.05, 0.1) is 4.88 Å². The third kappa shape index (κ3) is 4.31. The molecule has 1 aromatic carbocycles. The predicted octanol–water partition coefficient (Wildman–Crippen LogP) is 4.46. The van der Waals surface area contributed by atoms with Crippen molar-refractivity contribution in [3.63, 3.8) is 0 Å². The van der Waals surface area contributed by atoms with Crippen molar-refractivity contribution in [1.29, 1.82) is 0 Å². The van der Waals surface area contributed by atoms with Crippen molar-refractivity contribution in [2.24, 2.45) is 0 Å². The molecule has 0 aliphatic heterocycles. The number of rotatable bonds is 6. The molecule has 1 amide bonds. The third-order valence-electron chi connectivity index (χ3n) is 3.01. The normalized spacial score (nSPS) is 11.6. The van der Waals surface area contributed by atoms with Crippen molar-refractivity contribution in [2.45, 2.75) is 18.6 Å². The number of carbonyl (C=O) groups is 1. The molecule has 2 aromatic rings. The van der Waals surface area contributed by atoms with Gasteiger partial charge in [-0.3, -0.25) is 4.79 Å². The molecule has 114 valence electrons. The highest BCUT2D eigenvalue weighted by Crippen LogP contribution is 2.33. The zero-order valence-electron chi connectivity index (χ0n) is 12.6. The summed E-state index contributed by atoms with van der Waals surface area (Å²) in [7, 11) is 5.40. The maximum atomic E-state index is 12.3. The number of benzene rings is 1. The van der Waals surface area contributed by atoms with Gasteiger partial charge >= 0.3 is 0 Å². The molecule has 6 heteroatoms. The second-order valence-electron chi connectivity index (χ2n) is 5.31. The third-order valence-corrected chi connectivity index (χ3v) is 6.74. The van der Waals surface area contributed by atoms with Crippen molar-refractivity contribution in [2.75, 3.05) is 25.2 Å². The molecule has 0 saturated carbocycles. The van der Waals surface area contributed by atoms with Gasteiger partial charge in [0, 0.05) is 28.7 Å². The largest absolute Gasteiger partial charge is 0.388 e. The van der Waals surface area contributed by atoms with Gasteiger partial charge in [-0.1, -0.05) is 21.6 Å². The van der Waals surface area contributed by atoms with Crippen molar-refractivity contribution < 1.29 is 4.79 Å². The van der Waals surface area contributed by atoms with Gasteiger partial charge in [0.2, 0.25) is 0 Å². The van der Waals surface area contributed by atoms with Crippen molar-refractivity contribution in [1.82, 2.24) is 5.32 Å². The predicted molar refractivity (Wildman–Crippen MR) is 98.9 cm³/mol. The Labute approximate surface area is 137 Å². The molecule has 0 bridgehead atoms. The Morgan fingerprint density at radius 3 is 2.76 bits per heavy atom. The number of anilines is 1. The highest BCUT2D eigenvalue weighted by atomic mass is 33.1. The summed E-state index contributed by atoms with van der Waals surface area (Å²) in [5.41, 5.74) is 1.06. The highest BCUT2D eigenvalue weighted by molar-refractivity contribution is 8.76. The van der Waals surface area contributed by atoms with Gasteiger partial charge in [-0.15, -0.1) is 11.3 Å². The van der Waals surface area contributed by atoms with Crippen LogP contribution in [0.5, 0.6) is 0 Å². The number of nitrogens with one attached hydrogen (secondary N) is 2. The van der Waals surface area contributed by atoms with Gasteiger partial charge in [-0.2, -0.15) is 0 Å². The van der Waals surface area contributed by atoms with Crippen LogP contribution in [0.15, 0.2) is 24.3 Å². The van der Waals surface area contributed by atoms with Crippen LogP contribution in [0.2, 0.25) is 0 Å². The first-order valence-electron chi connectivity index (χ1n) is 6.66. The van der Waals surface area contributed by atoms with Gasteiger partial charge < -0.3 is 10.6 Å². The minimum atomic E-state index is 0.0111. The summed E-state index contributed by atoms with van der Waals surface area (Å²) in [5.74, 6) is 0.0111. The molecule has 0 atom stereocenters. The van der Waals surface area contributed by atoms with Crippen LogP contribution in [-0.4, -0.2) is 30.5 Å². The lowest BCUT2D eigenvalue weighted by molar-refractivity contribution is 0.0955. The number of amides is 1. The van der Waals surface area contributed by atoms with Gasteiger partial charge in [-0.05, 0) is 49.8 Å². The second-order valence-corrected chi connectivity index (χ2v) is 9.49. The van der Waals surface area contributed by atoms with E-state index in [0.29, 0.717) is 6.54 Å². The molecule has 0 saturated heterocycles. The number of hydrogen-bond donors (Lipinski definition) is 2. The molecule has 21 heavy (non-hydrogen) atoms. The topological polar surface area (TPSA) is 41.1 Å². The Morgan fingerprint density at radius 1 is 1.33 bits per heavy atom. The van der Waals surface area contributed by atoms with Crippen molar-refractivity contribution >= 4 is 54.6 Å². The van der Waals surface area contributed by atoms with Crippen LogP contribution in [0.25, 0.3) is 10.1 Å². The SMILES string of the molecule is CNc1ccc2sc(C(=O)NCC(C)(C)SSC)cc2c1. The van der Waals surface area contributed by atoms with E-state index in [1.54, 1.807) is 21.6 Å². The number of fused-ring (bicyclic) bond motifs is 1. The summed E-state index contributed by atoms with van der Waals surface area (Å²) in [4.78, 5) is 13.1. The average Bonchev–Trinajstić information content (AvgIpc) is 2.87.